The van der Waals surface area contributed by atoms with Crippen molar-refractivity contribution >= 4 is 40.4 Å². The fraction of sp³-hybridized carbons (Fsp3) is 0.412. The number of carboxylic acids is 1. The van der Waals surface area contributed by atoms with Crippen LogP contribution in [0.4, 0.5) is 5.69 Å². The van der Waals surface area contributed by atoms with Gasteiger partial charge in [-0.15, -0.1) is 0 Å². The van der Waals surface area contributed by atoms with Gasteiger partial charge in [0.25, 0.3) is 5.91 Å². The molecule has 0 spiro atoms. The van der Waals surface area contributed by atoms with Crippen molar-refractivity contribution < 1.29 is 19.5 Å². The van der Waals surface area contributed by atoms with Gasteiger partial charge in [0.15, 0.2) is 5.17 Å². The second kappa shape index (κ2) is 7.69. The maximum absolute atomic E-state index is 12.2. The molecular weight excluding hydrogens is 342 g/mol. The third-order valence-corrected chi connectivity index (χ3v) is 5.36. The van der Waals surface area contributed by atoms with Gasteiger partial charge in [-0.05, 0) is 43.5 Å². The number of rotatable bonds is 4. The van der Waals surface area contributed by atoms with E-state index in [1.807, 2.05) is 0 Å². The Kier molecular flexibility index (Phi) is 5.37. The Morgan fingerprint density at radius 3 is 2.52 bits per heavy atom. The molecule has 2 heterocycles. The number of carboxylic acid groups (broad SMARTS) is 1. The van der Waals surface area contributed by atoms with Gasteiger partial charge in [-0.2, -0.15) is 4.99 Å². The molecule has 8 heteroatoms. The third kappa shape index (κ3) is 4.39. The van der Waals surface area contributed by atoms with E-state index < -0.39 is 11.2 Å². The summed E-state index contributed by atoms with van der Waals surface area (Å²) in [6.07, 6.45) is 3.45. The quantitative estimate of drug-likeness (QED) is 0.853. The van der Waals surface area contributed by atoms with E-state index in [-0.39, 0.29) is 23.8 Å². The first-order valence-electron chi connectivity index (χ1n) is 8.20. The number of hydrogen-bond acceptors (Lipinski definition) is 5. The van der Waals surface area contributed by atoms with E-state index >= 15 is 0 Å². The molecule has 0 unspecified atom stereocenters. The average Bonchev–Trinajstić information content (AvgIpc) is 2.97. The number of hydrogen-bond donors (Lipinski definition) is 2. The van der Waals surface area contributed by atoms with Crippen molar-refractivity contribution in [3.63, 3.8) is 0 Å². The molecule has 2 N–H and O–H groups in total. The fourth-order valence-electron chi connectivity index (χ4n) is 2.81. The number of amidine groups is 1. The van der Waals surface area contributed by atoms with Gasteiger partial charge in [0.1, 0.15) is 5.25 Å². The monoisotopic (exact) mass is 361 g/mol. The van der Waals surface area contributed by atoms with E-state index in [0.717, 1.165) is 31.1 Å². The molecule has 0 saturated carbocycles. The molecule has 0 radical (unpaired) electrons. The molecular formula is C17H19N3O4S. The number of benzene rings is 1. The molecule has 0 bridgehead atoms. The lowest BCUT2D eigenvalue weighted by atomic mass is 10.1. The van der Waals surface area contributed by atoms with Crippen LogP contribution in [0.15, 0.2) is 29.3 Å². The zero-order valence-corrected chi connectivity index (χ0v) is 14.4. The zero-order valence-electron chi connectivity index (χ0n) is 13.6. The van der Waals surface area contributed by atoms with Gasteiger partial charge in [-0.1, -0.05) is 11.8 Å². The summed E-state index contributed by atoms with van der Waals surface area (Å²) in [5.41, 5.74) is 0.654. The summed E-state index contributed by atoms with van der Waals surface area (Å²) < 4.78 is 0. The lowest BCUT2D eigenvalue weighted by Gasteiger charge is -2.27. The van der Waals surface area contributed by atoms with Crippen molar-refractivity contribution in [3.8, 4) is 0 Å². The average molecular weight is 361 g/mol. The lowest BCUT2D eigenvalue weighted by Crippen LogP contribution is -2.33. The molecule has 132 valence electrons. The Bertz CT molecular complexity index is 711. The smallest absolute Gasteiger partial charge is 0.335 e. The van der Waals surface area contributed by atoms with Crippen molar-refractivity contribution in [2.24, 2.45) is 4.99 Å². The standard InChI is InChI=1S/C17H19N3O4S/c21-14(18-12-6-4-11(5-7-12)16(23)24)10-13-15(22)19-17(25-13)20-8-2-1-3-9-20/h4-7,13H,1-3,8-10H2,(H,18,21)(H,23,24)/t13-/m0/s1. The van der Waals surface area contributed by atoms with E-state index in [4.69, 9.17) is 5.11 Å². The minimum atomic E-state index is -1.02. The Morgan fingerprint density at radius 1 is 1.20 bits per heavy atom. The summed E-state index contributed by atoms with van der Waals surface area (Å²) in [5, 5.41) is 11.8. The number of piperidine rings is 1. The molecule has 7 nitrogen and oxygen atoms in total. The number of carbonyl (C=O) groups excluding carboxylic acids is 2. The normalized spacial score (nSPS) is 20.3. The number of amides is 2. The van der Waals surface area contributed by atoms with E-state index in [2.05, 4.69) is 15.2 Å². The molecule has 1 aromatic carbocycles. The van der Waals surface area contributed by atoms with E-state index in [0.29, 0.717) is 5.69 Å². The number of likely N-dealkylation sites (tertiary alicyclic amines) is 1. The van der Waals surface area contributed by atoms with Crippen molar-refractivity contribution in [1.29, 1.82) is 0 Å². The first-order valence-corrected chi connectivity index (χ1v) is 9.08. The summed E-state index contributed by atoms with van der Waals surface area (Å²) in [4.78, 5) is 41.3. The Labute approximate surface area is 149 Å². The van der Waals surface area contributed by atoms with E-state index in [1.54, 1.807) is 0 Å². The summed E-state index contributed by atoms with van der Waals surface area (Å²) in [5.74, 6) is -1.57. The van der Waals surface area contributed by atoms with Crippen LogP contribution in [0.1, 0.15) is 36.0 Å². The molecule has 1 aromatic rings. The predicted molar refractivity (Wildman–Crippen MR) is 95.9 cm³/mol. The molecule has 2 amide bonds. The van der Waals surface area contributed by atoms with Crippen LogP contribution in [0.3, 0.4) is 0 Å². The van der Waals surface area contributed by atoms with Crippen LogP contribution < -0.4 is 5.32 Å². The highest BCUT2D eigenvalue weighted by Crippen LogP contribution is 2.29. The third-order valence-electron chi connectivity index (χ3n) is 4.14. The van der Waals surface area contributed by atoms with Crippen molar-refractivity contribution in [3.05, 3.63) is 29.8 Å². The summed E-state index contributed by atoms with van der Waals surface area (Å²) in [6, 6.07) is 5.90. The maximum Gasteiger partial charge on any atom is 0.335 e. The molecule has 0 aliphatic carbocycles. The molecule has 1 fully saturated rings. The highest BCUT2D eigenvalue weighted by molar-refractivity contribution is 8.15. The van der Waals surface area contributed by atoms with Gasteiger partial charge in [0, 0.05) is 25.2 Å². The number of nitrogens with one attached hydrogen (secondary N) is 1. The fourth-order valence-corrected chi connectivity index (χ4v) is 3.92. The molecule has 1 saturated heterocycles. The Balaban J connectivity index is 1.53. The summed E-state index contributed by atoms with van der Waals surface area (Å²) in [6.45, 7) is 1.82. The first-order chi connectivity index (χ1) is 12.0. The van der Waals surface area contributed by atoms with Crippen LogP contribution in [0.5, 0.6) is 0 Å². The van der Waals surface area contributed by atoms with E-state index in [9.17, 15) is 14.4 Å². The molecule has 3 rings (SSSR count). The van der Waals surface area contributed by atoms with E-state index in [1.165, 1.54) is 42.4 Å². The van der Waals surface area contributed by atoms with Crippen LogP contribution in [0, 0.1) is 0 Å². The van der Waals surface area contributed by atoms with Crippen LogP contribution in [-0.2, 0) is 9.59 Å². The first kappa shape index (κ1) is 17.5. The second-order valence-electron chi connectivity index (χ2n) is 6.02. The molecule has 1 atom stereocenters. The second-order valence-corrected chi connectivity index (χ2v) is 7.19. The number of aliphatic imine (C=N–C) groups is 1. The van der Waals surface area contributed by atoms with Crippen LogP contribution in [-0.4, -0.2) is 51.3 Å². The number of anilines is 1. The molecule has 25 heavy (non-hydrogen) atoms. The number of nitrogens with zero attached hydrogens (tertiary/aromatic N) is 2. The number of thioether (sulfide) groups is 1. The minimum Gasteiger partial charge on any atom is -0.478 e. The van der Waals surface area contributed by atoms with Gasteiger partial charge in [0.2, 0.25) is 5.91 Å². The SMILES string of the molecule is O=C(C[C@@H]1SC(N2CCCCC2)=NC1=O)Nc1ccc(C(=O)O)cc1. The summed E-state index contributed by atoms with van der Waals surface area (Å²) >= 11 is 1.36. The highest BCUT2D eigenvalue weighted by Gasteiger charge is 2.33. The Hall–Kier alpha value is -2.35. The number of carbonyl (C=O) groups is 3. The molecule has 2 aliphatic heterocycles. The molecule has 2 aliphatic rings. The highest BCUT2D eigenvalue weighted by atomic mass is 32.2. The van der Waals surface area contributed by atoms with Crippen LogP contribution >= 0.6 is 11.8 Å². The van der Waals surface area contributed by atoms with Crippen molar-refractivity contribution in [1.82, 2.24) is 4.90 Å². The van der Waals surface area contributed by atoms with Crippen molar-refractivity contribution in [2.45, 2.75) is 30.9 Å². The van der Waals surface area contributed by atoms with Gasteiger partial charge < -0.3 is 15.3 Å². The number of aromatic carboxylic acids is 1. The maximum atomic E-state index is 12.2. The predicted octanol–water partition coefficient (Wildman–Crippen LogP) is 2.20. The van der Waals surface area contributed by atoms with Crippen molar-refractivity contribution in [2.75, 3.05) is 18.4 Å². The van der Waals surface area contributed by atoms with Gasteiger partial charge >= 0.3 is 5.97 Å². The van der Waals surface area contributed by atoms with Crippen LogP contribution in [0.25, 0.3) is 0 Å². The minimum absolute atomic E-state index is 0.0466. The topological polar surface area (TPSA) is 99.1 Å². The van der Waals surface area contributed by atoms with Crippen LogP contribution in [0.2, 0.25) is 0 Å². The Morgan fingerprint density at radius 2 is 1.88 bits per heavy atom. The van der Waals surface area contributed by atoms with Gasteiger partial charge in [-0.25, -0.2) is 4.79 Å². The largest absolute Gasteiger partial charge is 0.478 e. The summed E-state index contributed by atoms with van der Waals surface area (Å²) in [7, 11) is 0. The lowest BCUT2D eigenvalue weighted by molar-refractivity contribution is -0.121. The zero-order chi connectivity index (χ0) is 17.8. The van der Waals surface area contributed by atoms with Gasteiger partial charge in [-0.3, -0.25) is 9.59 Å². The van der Waals surface area contributed by atoms with Gasteiger partial charge in [0.05, 0.1) is 5.56 Å². The molecule has 0 aromatic heterocycles.